The molecule has 29 heavy (non-hydrogen) atoms. The summed E-state index contributed by atoms with van der Waals surface area (Å²) in [5.41, 5.74) is 12.0. The van der Waals surface area contributed by atoms with Gasteiger partial charge >= 0.3 is 0 Å². The highest BCUT2D eigenvalue weighted by atomic mass is 32.1. The summed E-state index contributed by atoms with van der Waals surface area (Å²) in [5, 5.41) is 7.01. The Morgan fingerprint density at radius 1 is 1.34 bits per heavy atom. The van der Waals surface area contributed by atoms with E-state index >= 15 is 0 Å². The van der Waals surface area contributed by atoms with Crippen molar-refractivity contribution in [3.8, 4) is 10.6 Å². The summed E-state index contributed by atoms with van der Waals surface area (Å²) < 4.78 is 29.7. The lowest BCUT2D eigenvalue weighted by molar-refractivity contribution is 0.102. The standard InChI is InChI=1S/C18H19F2N7OS/c1-26-18(27-6-5-9(21)8-27)12(7-23-26)24-16(28)14-15(22)29-17(25-14)13-10(19)3-2-4-11(13)20/h2-4,7,9H,5-6,8,21-22H2,1H3,(H,24,28)/t9-/m1/s1. The largest absolute Gasteiger partial charge is 0.389 e. The number of halogens is 2. The van der Waals surface area contributed by atoms with Crippen molar-refractivity contribution in [2.45, 2.75) is 12.5 Å². The molecule has 1 atom stereocenters. The Bertz CT molecular complexity index is 1060. The van der Waals surface area contributed by atoms with E-state index in [1.54, 1.807) is 11.7 Å². The molecule has 3 aromatic rings. The first-order valence-electron chi connectivity index (χ1n) is 8.89. The summed E-state index contributed by atoms with van der Waals surface area (Å²) in [6.45, 7) is 1.40. The van der Waals surface area contributed by atoms with Gasteiger partial charge in [0.25, 0.3) is 5.91 Å². The minimum atomic E-state index is -0.773. The molecule has 0 bridgehead atoms. The van der Waals surface area contributed by atoms with Gasteiger partial charge in [0.15, 0.2) is 11.5 Å². The van der Waals surface area contributed by atoms with Crippen LogP contribution in [0, 0.1) is 11.6 Å². The number of nitrogens with two attached hydrogens (primary N) is 2. The molecule has 4 rings (SSSR count). The second kappa shape index (κ2) is 7.41. The van der Waals surface area contributed by atoms with Crippen LogP contribution in [0.25, 0.3) is 10.6 Å². The van der Waals surface area contributed by atoms with Gasteiger partial charge in [0, 0.05) is 26.2 Å². The van der Waals surface area contributed by atoms with Crippen LogP contribution in [0.2, 0.25) is 0 Å². The summed E-state index contributed by atoms with van der Waals surface area (Å²) in [7, 11) is 1.77. The van der Waals surface area contributed by atoms with Crippen molar-refractivity contribution < 1.29 is 13.6 Å². The Morgan fingerprint density at radius 3 is 2.72 bits per heavy atom. The van der Waals surface area contributed by atoms with E-state index in [4.69, 9.17) is 11.5 Å². The number of thiazole rings is 1. The van der Waals surface area contributed by atoms with Gasteiger partial charge in [-0.05, 0) is 18.6 Å². The summed E-state index contributed by atoms with van der Waals surface area (Å²) in [6, 6.07) is 3.56. The molecule has 5 N–H and O–H groups in total. The molecular formula is C18H19F2N7OS. The summed E-state index contributed by atoms with van der Waals surface area (Å²) >= 11 is 0.848. The van der Waals surface area contributed by atoms with E-state index in [0.29, 0.717) is 12.2 Å². The number of carbonyl (C=O) groups excluding carboxylic acids is 1. The molecule has 0 unspecified atom stereocenters. The molecule has 0 radical (unpaired) electrons. The second-order valence-corrected chi connectivity index (χ2v) is 7.81. The van der Waals surface area contributed by atoms with Gasteiger partial charge in [-0.15, -0.1) is 0 Å². The van der Waals surface area contributed by atoms with E-state index in [9.17, 15) is 13.6 Å². The van der Waals surface area contributed by atoms with Gasteiger partial charge in [0.2, 0.25) is 0 Å². The summed E-state index contributed by atoms with van der Waals surface area (Å²) in [6.07, 6.45) is 2.37. The number of aromatic nitrogens is 3. The molecule has 1 amide bonds. The lowest BCUT2D eigenvalue weighted by Crippen LogP contribution is -2.28. The van der Waals surface area contributed by atoms with Crippen LogP contribution in [0.15, 0.2) is 24.4 Å². The molecular weight excluding hydrogens is 400 g/mol. The van der Waals surface area contributed by atoms with Gasteiger partial charge in [-0.3, -0.25) is 9.48 Å². The molecule has 1 saturated heterocycles. The van der Waals surface area contributed by atoms with E-state index in [-0.39, 0.29) is 27.3 Å². The number of carbonyl (C=O) groups is 1. The fourth-order valence-electron chi connectivity index (χ4n) is 3.36. The molecule has 0 aliphatic carbocycles. The number of nitrogens with zero attached hydrogens (tertiary/aromatic N) is 4. The maximum absolute atomic E-state index is 14.0. The van der Waals surface area contributed by atoms with Crippen LogP contribution < -0.4 is 21.7 Å². The normalized spacial score (nSPS) is 16.4. The fourth-order valence-corrected chi connectivity index (χ4v) is 4.24. The molecule has 1 aliphatic rings. The number of nitrogens with one attached hydrogen (secondary N) is 1. The molecule has 0 spiro atoms. The summed E-state index contributed by atoms with van der Waals surface area (Å²) in [4.78, 5) is 18.9. The van der Waals surface area contributed by atoms with E-state index in [1.165, 1.54) is 12.3 Å². The zero-order chi connectivity index (χ0) is 20.7. The van der Waals surface area contributed by atoms with Crippen molar-refractivity contribution in [2.75, 3.05) is 29.0 Å². The Labute approximate surface area is 169 Å². The number of aryl methyl sites for hydroxylation is 1. The van der Waals surface area contributed by atoms with E-state index in [0.717, 1.165) is 42.3 Å². The Balaban J connectivity index is 1.62. The van der Waals surface area contributed by atoms with Gasteiger partial charge in [0.05, 0.1) is 11.8 Å². The predicted octanol–water partition coefficient (Wildman–Crippen LogP) is 2.19. The first kappa shape index (κ1) is 19.3. The Hall–Kier alpha value is -3.05. The molecule has 1 fully saturated rings. The number of nitrogen functional groups attached to an aromatic ring is 1. The average molecular weight is 419 g/mol. The highest BCUT2D eigenvalue weighted by Crippen LogP contribution is 2.34. The number of amides is 1. The topological polar surface area (TPSA) is 115 Å². The predicted molar refractivity (Wildman–Crippen MR) is 108 cm³/mol. The molecule has 11 heteroatoms. The number of rotatable bonds is 4. The van der Waals surface area contributed by atoms with Gasteiger partial charge in [-0.1, -0.05) is 17.4 Å². The fraction of sp³-hybridized carbons (Fsp3) is 0.278. The molecule has 152 valence electrons. The monoisotopic (exact) mass is 419 g/mol. The van der Waals surface area contributed by atoms with Crippen molar-refractivity contribution in [3.05, 3.63) is 41.7 Å². The average Bonchev–Trinajstić information content (AvgIpc) is 3.34. The van der Waals surface area contributed by atoms with Crippen molar-refractivity contribution >= 4 is 33.8 Å². The number of hydrogen-bond acceptors (Lipinski definition) is 7. The van der Waals surface area contributed by atoms with Gasteiger partial charge < -0.3 is 21.7 Å². The third-order valence-electron chi connectivity index (χ3n) is 4.72. The molecule has 8 nitrogen and oxygen atoms in total. The smallest absolute Gasteiger partial charge is 0.277 e. The number of anilines is 3. The molecule has 2 aromatic heterocycles. The number of benzene rings is 1. The van der Waals surface area contributed by atoms with Crippen LogP contribution in [0.3, 0.4) is 0 Å². The quantitative estimate of drug-likeness (QED) is 0.597. The van der Waals surface area contributed by atoms with Crippen molar-refractivity contribution in [1.82, 2.24) is 14.8 Å². The van der Waals surface area contributed by atoms with E-state index < -0.39 is 17.5 Å². The van der Waals surface area contributed by atoms with E-state index in [2.05, 4.69) is 15.4 Å². The Kier molecular flexibility index (Phi) is 4.92. The lowest BCUT2D eigenvalue weighted by Gasteiger charge is -2.19. The van der Waals surface area contributed by atoms with Gasteiger partial charge in [0.1, 0.15) is 27.3 Å². The second-order valence-electron chi connectivity index (χ2n) is 6.78. The summed E-state index contributed by atoms with van der Waals surface area (Å²) in [5.74, 6) is -1.41. The first-order chi connectivity index (χ1) is 13.8. The lowest BCUT2D eigenvalue weighted by atomic mass is 10.2. The van der Waals surface area contributed by atoms with Crippen LogP contribution in [0.4, 0.5) is 25.3 Å². The third kappa shape index (κ3) is 3.54. The van der Waals surface area contributed by atoms with Crippen LogP contribution in [-0.4, -0.2) is 39.8 Å². The number of hydrogen-bond donors (Lipinski definition) is 3. The zero-order valence-corrected chi connectivity index (χ0v) is 16.3. The zero-order valence-electron chi connectivity index (χ0n) is 15.5. The van der Waals surface area contributed by atoms with Crippen molar-refractivity contribution in [2.24, 2.45) is 12.8 Å². The highest BCUT2D eigenvalue weighted by Gasteiger charge is 2.27. The third-order valence-corrected chi connectivity index (χ3v) is 5.63. The van der Waals surface area contributed by atoms with Crippen molar-refractivity contribution in [1.29, 1.82) is 0 Å². The SMILES string of the molecule is Cn1ncc(NC(=O)c2nc(-c3c(F)cccc3F)sc2N)c1N1CC[C@@H](N)C1. The van der Waals surface area contributed by atoms with Crippen LogP contribution in [0.5, 0.6) is 0 Å². The minimum Gasteiger partial charge on any atom is -0.389 e. The van der Waals surface area contributed by atoms with Crippen LogP contribution in [0.1, 0.15) is 16.9 Å². The minimum absolute atomic E-state index is 0.000164. The van der Waals surface area contributed by atoms with Crippen LogP contribution in [-0.2, 0) is 7.05 Å². The molecule has 1 aliphatic heterocycles. The van der Waals surface area contributed by atoms with Gasteiger partial charge in [-0.2, -0.15) is 5.10 Å². The van der Waals surface area contributed by atoms with Crippen LogP contribution >= 0.6 is 11.3 Å². The highest BCUT2D eigenvalue weighted by molar-refractivity contribution is 7.19. The Morgan fingerprint density at radius 2 is 2.07 bits per heavy atom. The maximum atomic E-state index is 14.0. The first-order valence-corrected chi connectivity index (χ1v) is 9.71. The molecule has 0 saturated carbocycles. The van der Waals surface area contributed by atoms with E-state index in [1.807, 2.05) is 4.90 Å². The molecule has 1 aromatic carbocycles. The van der Waals surface area contributed by atoms with Crippen molar-refractivity contribution in [3.63, 3.8) is 0 Å². The maximum Gasteiger partial charge on any atom is 0.277 e. The molecule has 3 heterocycles. The van der Waals surface area contributed by atoms with Gasteiger partial charge in [-0.25, -0.2) is 13.8 Å².